The lowest BCUT2D eigenvalue weighted by molar-refractivity contribution is -0.137. The van der Waals surface area contributed by atoms with E-state index in [0.29, 0.717) is 29.4 Å². The van der Waals surface area contributed by atoms with Gasteiger partial charge in [-0.2, -0.15) is 0 Å². The minimum atomic E-state index is -0.411. The summed E-state index contributed by atoms with van der Waals surface area (Å²) in [6.07, 6.45) is 2.93. The van der Waals surface area contributed by atoms with Crippen molar-refractivity contribution in [2.75, 3.05) is 27.9 Å². The standard InChI is InChI=1S/C14H18O5/c1-5-19-13(15)7-6-10-8-11(16-2)9-12(17-3)14(10)18-4/h6-9H,5H2,1-4H3. The summed E-state index contributed by atoms with van der Waals surface area (Å²) in [5, 5.41) is 0. The fraction of sp³-hybridized carbons (Fsp3) is 0.357. The van der Waals surface area contributed by atoms with Crippen LogP contribution in [0.4, 0.5) is 0 Å². The average Bonchev–Trinajstić information content (AvgIpc) is 2.44. The molecular weight excluding hydrogens is 248 g/mol. The second-order valence-corrected chi connectivity index (χ2v) is 3.54. The summed E-state index contributed by atoms with van der Waals surface area (Å²) in [4.78, 5) is 11.3. The molecule has 1 aromatic carbocycles. The molecular formula is C14H18O5. The van der Waals surface area contributed by atoms with Crippen LogP contribution in [0.5, 0.6) is 17.2 Å². The van der Waals surface area contributed by atoms with Gasteiger partial charge in [-0.05, 0) is 19.1 Å². The molecule has 104 valence electrons. The Morgan fingerprint density at radius 3 is 2.42 bits per heavy atom. The van der Waals surface area contributed by atoms with Crippen LogP contribution in [0.2, 0.25) is 0 Å². The lowest BCUT2D eigenvalue weighted by Crippen LogP contribution is -1.99. The number of methoxy groups -OCH3 is 3. The smallest absolute Gasteiger partial charge is 0.330 e. The van der Waals surface area contributed by atoms with Gasteiger partial charge in [-0.25, -0.2) is 4.79 Å². The van der Waals surface area contributed by atoms with Crippen LogP contribution in [0.3, 0.4) is 0 Å². The highest BCUT2D eigenvalue weighted by molar-refractivity contribution is 5.88. The molecule has 0 amide bonds. The molecule has 0 bridgehead atoms. The first-order valence-electron chi connectivity index (χ1n) is 5.81. The summed E-state index contributed by atoms with van der Waals surface area (Å²) in [6.45, 7) is 2.09. The molecule has 0 aromatic heterocycles. The number of carbonyl (C=O) groups is 1. The quantitative estimate of drug-likeness (QED) is 0.584. The van der Waals surface area contributed by atoms with E-state index in [4.69, 9.17) is 18.9 Å². The molecule has 0 heterocycles. The Morgan fingerprint density at radius 1 is 1.16 bits per heavy atom. The number of ether oxygens (including phenoxy) is 4. The van der Waals surface area contributed by atoms with Gasteiger partial charge in [0.05, 0.1) is 27.9 Å². The van der Waals surface area contributed by atoms with E-state index in [1.54, 1.807) is 32.2 Å². The van der Waals surface area contributed by atoms with Crippen molar-refractivity contribution in [2.45, 2.75) is 6.92 Å². The van der Waals surface area contributed by atoms with Gasteiger partial charge >= 0.3 is 5.97 Å². The van der Waals surface area contributed by atoms with Crippen LogP contribution in [-0.4, -0.2) is 33.9 Å². The van der Waals surface area contributed by atoms with Crippen LogP contribution in [0.25, 0.3) is 6.08 Å². The zero-order chi connectivity index (χ0) is 14.3. The Kier molecular flexibility index (Phi) is 5.73. The summed E-state index contributed by atoms with van der Waals surface area (Å²) in [5.41, 5.74) is 0.673. The minimum Gasteiger partial charge on any atom is -0.497 e. The first-order valence-corrected chi connectivity index (χ1v) is 5.81. The second-order valence-electron chi connectivity index (χ2n) is 3.54. The van der Waals surface area contributed by atoms with Crippen molar-refractivity contribution >= 4 is 12.0 Å². The normalized spacial score (nSPS) is 10.3. The monoisotopic (exact) mass is 266 g/mol. The van der Waals surface area contributed by atoms with Gasteiger partial charge in [0.1, 0.15) is 5.75 Å². The molecule has 0 radical (unpaired) electrons. The summed E-state index contributed by atoms with van der Waals surface area (Å²) in [7, 11) is 4.63. The first kappa shape index (κ1) is 14.9. The van der Waals surface area contributed by atoms with E-state index in [9.17, 15) is 4.79 Å². The van der Waals surface area contributed by atoms with Gasteiger partial charge < -0.3 is 18.9 Å². The Morgan fingerprint density at radius 2 is 1.89 bits per heavy atom. The third kappa shape index (κ3) is 3.91. The third-order valence-electron chi connectivity index (χ3n) is 2.40. The lowest BCUT2D eigenvalue weighted by atomic mass is 10.1. The molecule has 0 unspecified atom stereocenters. The maximum atomic E-state index is 11.3. The summed E-state index contributed by atoms with van der Waals surface area (Å²) >= 11 is 0. The number of esters is 1. The molecule has 0 N–H and O–H groups in total. The average molecular weight is 266 g/mol. The van der Waals surface area contributed by atoms with Gasteiger partial charge in [0.2, 0.25) is 0 Å². The largest absolute Gasteiger partial charge is 0.497 e. The maximum absolute atomic E-state index is 11.3. The van der Waals surface area contributed by atoms with Crippen molar-refractivity contribution in [2.24, 2.45) is 0 Å². The third-order valence-corrected chi connectivity index (χ3v) is 2.40. The molecule has 19 heavy (non-hydrogen) atoms. The van der Waals surface area contributed by atoms with E-state index >= 15 is 0 Å². The van der Waals surface area contributed by atoms with E-state index in [1.807, 2.05) is 0 Å². The van der Waals surface area contributed by atoms with Crippen molar-refractivity contribution in [3.05, 3.63) is 23.8 Å². The van der Waals surface area contributed by atoms with Crippen LogP contribution >= 0.6 is 0 Å². The van der Waals surface area contributed by atoms with Crippen molar-refractivity contribution in [3.8, 4) is 17.2 Å². The molecule has 0 fully saturated rings. The fourth-order valence-corrected chi connectivity index (χ4v) is 1.56. The maximum Gasteiger partial charge on any atom is 0.330 e. The summed E-state index contributed by atoms with van der Waals surface area (Å²) < 4.78 is 20.5. The molecule has 0 aliphatic rings. The number of benzene rings is 1. The molecule has 0 atom stereocenters. The van der Waals surface area contributed by atoms with Gasteiger partial charge in [0.25, 0.3) is 0 Å². The molecule has 0 aliphatic heterocycles. The van der Waals surface area contributed by atoms with Gasteiger partial charge in [-0.3, -0.25) is 0 Å². The Bertz CT molecular complexity index is 465. The van der Waals surface area contributed by atoms with E-state index in [2.05, 4.69) is 0 Å². The van der Waals surface area contributed by atoms with Crippen molar-refractivity contribution in [1.82, 2.24) is 0 Å². The number of rotatable bonds is 6. The molecule has 0 saturated heterocycles. The first-order chi connectivity index (χ1) is 9.15. The highest BCUT2D eigenvalue weighted by Gasteiger charge is 2.11. The minimum absolute atomic E-state index is 0.335. The van der Waals surface area contributed by atoms with Gasteiger partial charge in [0, 0.05) is 17.7 Å². The van der Waals surface area contributed by atoms with Gasteiger partial charge in [-0.1, -0.05) is 0 Å². The van der Waals surface area contributed by atoms with E-state index in [1.165, 1.54) is 20.3 Å². The fourth-order valence-electron chi connectivity index (χ4n) is 1.56. The predicted molar refractivity (Wildman–Crippen MR) is 71.8 cm³/mol. The molecule has 5 nitrogen and oxygen atoms in total. The number of carbonyl (C=O) groups excluding carboxylic acids is 1. The van der Waals surface area contributed by atoms with Crippen LogP contribution < -0.4 is 14.2 Å². The van der Waals surface area contributed by atoms with E-state index in [0.717, 1.165) is 0 Å². The number of hydrogen-bond donors (Lipinski definition) is 0. The molecule has 1 aromatic rings. The van der Waals surface area contributed by atoms with Gasteiger partial charge in [-0.15, -0.1) is 0 Å². The summed E-state index contributed by atoms with van der Waals surface area (Å²) in [5.74, 6) is 1.27. The van der Waals surface area contributed by atoms with E-state index in [-0.39, 0.29) is 0 Å². The molecule has 0 spiro atoms. The molecule has 0 aliphatic carbocycles. The molecule has 5 heteroatoms. The van der Waals surface area contributed by atoms with Crippen molar-refractivity contribution < 1.29 is 23.7 Å². The SMILES string of the molecule is CCOC(=O)C=Cc1cc(OC)cc(OC)c1OC. The van der Waals surface area contributed by atoms with E-state index < -0.39 is 5.97 Å². The Labute approximate surface area is 112 Å². The summed E-state index contributed by atoms with van der Waals surface area (Å²) in [6, 6.07) is 3.46. The topological polar surface area (TPSA) is 54.0 Å². The number of hydrogen-bond acceptors (Lipinski definition) is 5. The van der Waals surface area contributed by atoms with Crippen LogP contribution in [0.1, 0.15) is 12.5 Å². The predicted octanol–water partition coefficient (Wildman–Crippen LogP) is 2.29. The zero-order valence-electron chi connectivity index (χ0n) is 11.6. The second kappa shape index (κ2) is 7.31. The molecule has 0 saturated carbocycles. The van der Waals surface area contributed by atoms with Crippen LogP contribution in [0, 0.1) is 0 Å². The highest BCUT2D eigenvalue weighted by Crippen LogP contribution is 2.36. The Balaban J connectivity index is 3.13. The highest BCUT2D eigenvalue weighted by atomic mass is 16.5. The van der Waals surface area contributed by atoms with Crippen molar-refractivity contribution in [1.29, 1.82) is 0 Å². The van der Waals surface area contributed by atoms with Crippen LogP contribution in [0.15, 0.2) is 18.2 Å². The van der Waals surface area contributed by atoms with Gasteiger partial charge in [0.15, 0.2) is 11.5 Å². The zero-order valence-corrected chi connectivity index (χ0v) is 11.6. The lowest BCUT2D eigenvalue weighted by Gasteiger charge is -2.12. The van der Waals surface area contributed by atoms with Crippen LogP contribution in [-0.2, 0) is 9.53 Å². The molecule has 1 rings (SSSR count). The Hall–Kier alpha value is -2.17. The van der Waals surface area contributed by atoms with Crippen molar-refractivity contribution in [3.63, 3.8) is 0 Å².